The van der Waals surface area contributed by atoms with Gasteiger partial charge in [-0.2, -0.15) is 0 Å². The number of aromatic nitrogens is 1. The van der Waals surface area contributed by atoms with Crippen LogP contribution in [0.1, 0.15) is 36.1 Å². The number of ether oxygens (including phenoxy) is 2. The Labute approximate surface area is 245 Å². The fraction of sp³-hybridized carbons (Fsp3) is 0.147. The summed E-state index contributed by atoms with van der Waals surface area (Å²) in [6.07, 6.45) is 2.30. The first-order valence-electron chi connectivity index (χ1n) is 13.6. The van der Waals surface area contributed by atoms with Gasteiger partial charge in [0.2, 0.25) is 0 Å². The molecule has 5 aromatic rings. The SMILES string of the molecule is CCC1=C(C(=O)OC)[C@@H](c2ccccc2)n2c(s/c(=C/c3c(OCc4ccccc4F)ccc4ccccc34)c2=O)=N1. The molecule has 0 saturated heterocycles. The molecule has 1 atom stereocenters. The van der Waals surface area contributed by atoms with Gasteiger partial charge in [-0.3, -0.25) is 9.36 Å². The fourth-order valence-corrected chi connectivity index (χ4v) is 6.27. The molecule has 6 rings (SSSR count). The molecule has 6 nitrogen and oxygen atoms in total. The third-order valence-electron chi connectivity index (χ3n) is 7.31. The Morgan fingerprint density at radius 2 is 1.74 bits per heavy atom. The molecule has 0 fully saturated rings. The Morgan fingerprint density at radius 3 is 2.50 bits per heavy atom. The van der Waals surface area contributed by atoms with Gasteiger partial charge < -0.3 is 9.47 Å². The molecule has 42 heavy (non-hydrogen) atoms. The quantitative estimate of drug-likeness (QED) is 0.234. The van der Waals surface area contributed by atoms with Gasteiger partial charge in [0.1, 0.15) is 18.2 Å². The Balaban J connectivity index is 1.55. The van der Waals surface area contributed by atoms with E-state index in [1.165, 1.54) is 24.5 Å². The van der Waals surface area contributed by atoms with Crippen molar-refractivity contribution in [1.82, 2.24) is 4.57 Å². The van der Waals surface area contributed by atoms with E-state index >= 15 is 0 Å². The van der Waals surface area contributed by atoms with E-state index in [0.717, 1.165) is 16.3 Å². The maximum absolute atomic E-state index is 14.4. The number of esters is 1. The maximum Gasteiger partial charge on any atom is 0.338 e. The number of methoxy groups -OCH3 is 1. The zero-order chi connectivity index (χ0) is 29.2. The van der Waals surface area contributed by atoms with Gasteiger partial charge >= 0.3 is 5.97 Å². The van der Waals surface area contributed by atoms with Crippen molar-refractivity contribution in [3.05, 3.63) is 144 Å². The van der Waals surface area contributed by atoms with Gasteiger partial charge in [-0.1, -0.05) is 97.1 Å². The first-order chi connectivity index (χ1) is 20.5. The van der Waals surface area contributed by atoms with E-state index in [9.17, 15) is 14.0 Å². The molecule has 2 heterocycles. The number of hydrogen-bond donors (Lipinski definition) is 0. The number of carbonyl (C=O) groups excluding carboxylic acids is 1. The first kappa shape index (κ1) is 27.4. The van der Waals surface area contributed by atoms with Crippen molar-refractivity contribution < 1.29 is 18.7 Å². The first-order valence-corrected chi connectivity index (χ1v) is 14.4. The minimum absolute atomic E-state index is 0.0312. The number of allylic oxidation sites excluding steroid dienone is 1. The minimum atomic E-state index is -0.684. The predicted molar refractivity (Wildman–Crippen MR) is 162 cm³/mol. The summed E-state index contributed by atoms with van der Waals surface area (Å²) < 4.78 is 27.6. The van der Waals surface area contributed by atoms with E-state index in [2.05, 4.69) is 0 Å². The van der Waals surface area contributed by atoms with Crippen LogP contribution in [0, 0.1) is 5.82 Å². The normalized spacial score (nSPS) is 14.9. The van der Waals surface area contributed by atoms with Crippen LogP contribution in [0.4, 0.5) is 4.39 Å². The van der Waals surface area contributed by atoms with Gasteiger partial charge in [-0.25, -0.2) is 14.2 Å². The van der Waals surface area contributed by atoms with E-state index in [4.69, 9.17) is 14.5 Å². The van der Waals surface area contributed by atoms with Crippen LogP contribution in [0.15, 0.2) is 112 Å². The molecule has 0 unspecified atom stereocenters. The molecule has 0 bridgehead atoms. The molecule has 1 aromatic heterocycles. The van der Waals surface area contributed by atoms with Crippen LogP contribution in [0.5, 0.6) is 5.75 Å². The summed E-state index contributed by atoms with van der Waals surface area (Å²) in [4.78, 5) is 32.4. The standard InChI is InChI=1S/C34H27FN2O4S/c1-3-27-30(33(39)40-2)31(22-12-5-4-6-13-22)37-32(38)29(42-34(37)36-27)19-25-24-15-9-7-11-21(24)17-18-28(25)41-20-23-14-8-10-16-26(23)35/h4-19,31H,3,20H2,1-2H3/b29-19+/t31-/m1/s1. The second kappa shape index (κ2) is 11.6. The highest BCUT2D eigenvalue weighted by Gasteiger charge is 2.33. The molecule has 0 saturated carbocycles. The number of carbonyl (C=O) groups is 1. The average molecular weight is 579 g/mol. The monoisotopic (exact) mass is 578 g/mol. The summed E-state index contributed by atoms with van der Waals surface area (Å²) in [6, 6.07) is 26.8. The summed E-state index contributed by atoms with van der Waals surface area (Å²) in [5.41, 5.74) is 2.57. The van der Waals surface area contributed by atoms with Gasteiger partial charge in [0.15, 0.2) is 4.80 Å². The number of hydrogen-bond acceptors (Lipinski definition) is 6. The molecular weight excluding hydrogens is 551 g/mol. The van der Waals surface area contributed by atoms with Gasteiger partial charge in [0, 0.05) is 11.1 Å². The highest BCUT2D eigenvalue weighted by Crippen LogP contribution is 2.32. The van der Waals surface area contributed by atoms with Crippen molar-refractivity contribution in [2.75, 3.05) is 7.11 Å². The molecule has 0 radical (unpaired) electrons. The van der Waals surface area contributed by atoms with Crippen molar-refractivity contribution in [3.8, 4) is 5.75 Å². The zero-order valence-corrected chi connectivity index (χ0v) is 23.9. The molecule has 210 valence electrons. The van der Waals surface area contributed by atoms with Crippen molar-refractivity contribution in [2.24, 2.45) is 4.99 Å². The third kappa shape index (κ3) is 4.94. The van der Waals surface area contributed by atoms with Crippen molar-refractivity contribution in [1.29, 1.82) is 0 Å². The smallest absolute Gasteiger partial charge is 0.338 e. The predicted octanol–water partition coefficient (Wildman–Crippen LogP) is 5.67. The summed E-state index contributed by atoms with van der Waals surface area (Å²) in [5, 5.41) is 1.86. The van der Waals surface area contributed by atoms with Gasteiger partial charge in [-0.15, -0.1) is 0 Å². The summed E-state index contributed by atoms with van der Waals surface area (Å²) >= 11 is 1.26. The van der Waals surface area contributed by atoms with E-state index in [1.54, 1.807) is 28.8 Å². The number of benzene rings is 4. The Hall–Kier alpha value is -4.82. The highest BCUT2D eigenvalue weighted by atomic mass is 32.1. The van der Waals surface area contributed by atoms with Crippen molar-refractivity contribution in [2.45, 2.75) is 26.0 Å². The maximum atomic E-state index is 14.4. The fourth-order valence-electron chi connectivity index (χ4n) is 5.27. The Morgan fingerprint density at radius 1 is 1.00 bits per heavy atom. The lowest BCUT2D eigenvalue weighted by Crippen LogP contribution is -2.40. The highest BCUT2D eigenvalue weighted by molar-refractivity contribution is 7.07. The van der Waals surface area contributed by atoms with Crippen LogP contribution in [0.25, 0.3) is 16.8 Å². The second-order valence-electron chi connectivity index (χ2n) is 9.78. The minimum Gasteiger partial charge on any atom is -0.488 e. The number of nitrogens with zero attached hydrogens (tertiary/aromatic N) is 2. The van der Waals surface area contributed by atoms with Crippen LogP contribution in [0.2, 0.25) is 0 Å². The molecule has 8 heteroatoms. The molecule has 1 aliphatic rings. The van der Waals surface area contributed by atoms with Crippen LogP contribution < -0.4 is 19.6 Å². The zero-order valence-electron chi connectivity index (χ0n) is 23.0. The molecule has 0 aliphatic carbocycles. The summed E-state index contributed by atoms with van der Waals surface area (Å²) in [7, 11) is 1.33. The van der Waals surface area contributed by atoms with Crippen LogP contribution in [-0.2, 0) is 16.1 Å². The van der Waals surface area contributed by atoms with E-state index in [-0.39, 0.29) is 18.0 Å². The number of rotatable bonds is 7. The van der Waals surface area contributed by atoms with E-state index in [1.807, 2.05) is 73.7 Å². The molecule has 0 spiro atoms. The lowest BCUT2D eigenvalue weighted by molar-refractivity contribution is -0.136. The summed E-state index contributed by atoms with van der Waals surface area (Å²) in [6.45, 7) is 1.96. The molecule has 0 amide bonds. The molecule has 4 aromatic carbocycles. The average Bonchev–Trinajstić information content (AvgIpc) is 3.34. The van der Waals surface area contributed by atoms with Crippen molar-refractivity contribution in [3.63, 3.8) is 0 Å². The number of thiazole rings is 1. The Kier molecular flexibility index (Phi) is 7.54. The van der Waals surface area contributed by atoms with Crippen LogP contribution in [0.3, 0.4) is 0 Å². The van der Waals surface area contributed by atoms with Gasteiger partial charge in [0.05, 0.1) is 29.0 Å². The number of fused-ring (bicyclic) bond motifs is 2. The van der Waals surface area contributed by atoms with Crippen LogP contribution >= 0.6 is 11.3 Å². The molecular formula is C34H27FN2O4S. The molecule has 1 aliphatic heterocycles. The summed E-state index contributed by atoms with van der Waals surface area (Å²) in [5.74, 6) is -0.342. The Bertz CT molecular complexity index is 2030. The lowest BCUT2D eigenvalue weighted by atomic mass is 9.95. The third-order valence-corrected chi connectivity index (χ3v) is 8.30. The van der Waals surface area contributed by atoms with Gasteiger partial charge in [0.25, 0.3) is 5.56 Å². The van der Waals surface area contributed by atoms with Crippen LogP contribution in [-0.4, -0.2) is 17.6 Å². The largest absolute Gasteiger partial charge is 0.488 e. The van der Waals surface area contributed by atoms with E-state index in [0.29, 0.717) is 43.9 Å². The van der Waals surface area contributed by atoms with E-state index < -0.39 is 12.0 Å². The lowest BCUT2D eigenvalue weighted by Gasteiger charge is -2.25. The number of halogens is 1. The second-order valence-corrected chi connectivity index (χ2v) is 10.8. The molecule has 0 N–H and O–H groups in total. The van der Waals surface area contributed by atoms with Gasteiger partial charge in [-0.05, 0) is 41.0 Å². The van der Waals surface area contributed by atoms with Crippen molar-refractivity contribution >= 4 is 34.2 Å². The topological polar surface area (TPSA) is 69.9 Å².